The second-order valence-corrected chi connectivity index (χ2v) is 8.70. The van der Waals surface area contributed by atoms with Crippen LogP contribution in [0, 0.1) is 0 Å². The van der Waals surface area contributed by atoms with Gasteiger partial charge in [-0.25, -0.2) is 9.78 Å². The number of urea groups is 1. The smallest absolute Gasteiger partial charge is 0.325 e. The van der Waals surface area contributed by atoms with Crippen LogP contribution in [-0.4, -0.2) is 68.3 Å². The van der Waals surface area contributed by atoms with Gasteiger partial charge in [0, 0.05) is 29.7 Å². The van der Waals surface area contributed by atoms with E-state index in [2.05, 4.69) is 10.3 Å². The van der Waals surface area contributed by atoms with Gasteiger partial charge in [-0.15, -0.1) is 11.3 Å². The van der Waals surface area contributed by atoms with Crippen LogP contribution in [0.15, 0.2) is 18.2 Å². The number of esters is 1. The number of amides is 3. The van der Waals surface area contributed by atoms with Crippen molar-refractivity contribution in [3.8, 4) is 11.5 Å². The summed E-state index contributed by atoms with van der Waals surface area (Å²) in [6, 6.07) is 4.99. The third-order valence-electron chi connectivity index (χ3n) is 5.64. The lowest BCUT2D eigenvalue weighted by Crippen LogP contribution is -2.37. The van der Waals surface area contributed by atoms with E-state index in [0.717, 1.165) is 11.3 Å². The molecule has 0 radical (unpaired) electrons. The summed E-state index contributed by atoms with van der Waals surface area (Å²) in [5.41, 5.74) is 1.35. The maximum atomic E-state index is 12.9. The van der Waals surface area contributed by atoms with Gasteiger partial charge in [-0.3, -0.25) is 14.5 Å². The molecule has 1 aliphatic carbocycles. The fourth-order valence-electron chi connectivity index (χ4n) is 4.05. The highest BCUT2D eigenvalue weighted by Gasteiger charge is 2.35. The fraction of sp³-hybridized carbons (Fsp3) is 0.455. The molecule has 1 atom stereocenters. The van der Waals surface area contributed by atoms with Crippen LogP contribution in [0.25, 0.3) is 0 Å². The van der Waals surface area contributed by atoms with Crippen molar-refractivity contribution in [1.29, 1.82) is 0 Å². The first-order valence-corrected chi connectivity index (χ1v) is 11.5. The van der Waals surface area contributed by atoms with Crippen LogP contribution in [-0.2, 0) is 20.7 Å². The van der Waals surface area contributed by atoms with Gasteiger partial charge in [0.05, 0.1) is 26.5 Å². The Hall–Kier alpha value is -3.34. The Balaban J connectivity index is 1.37. The van der Waals surface area contributed by atoms with Gasteiger partial charge in [0.25, 0.3) is 0 Å². The zero-order valence-electron chi connectivity index (χ0n) is 18.8. The van der Waals surface area contributed by atoms with Crippen molar-refractivity contribution >= 4 is 40.1 Å². The van der Waals surface area contributed by atoms with Gasteiger partial charge >= 0.3 is 12.0 Å². The zero-order chi connectivity index (χ0) is 23.5. The van der Waals surface area contributed by atoms with E-state index in [1.165, 1.54) is 23.3 Å². The molecule has 1 aliphatic heterocycles. The molecule has 0 bridgehead atoms. The summed E-state index contributed by atoms with van der Waals surface area (Å²) in [7, 11) is 3.08. The predicted octanol–water partition coefficient (Wildman–Crippen LogP) is 2.63. The summed E-state index contributed by atoms with van der Waals surface area (Å²) in [5, 5.41) is 3.20. The number of hydrogen-bond acceptors (Lipinski definition) is 8. The van der Waals surface area contributed by atoms with Crippen molar-refractivity contribution in [2.45, 2.75) is 25.7 Å². The van der Waals surface area contributed by atoms with E-state index >= 15 is 0 Å². The Kier molecular flexibility index (Phi) is 6.68. The number of aromatic nitrogens is 1. The lowest BCUT2D eigenvalue weighted by Gasteiger charge is -2.19. The number of benzene rings is 1. The number of carbonyl (C=O) groups is 3. The number of nitrogens with zero attached hydrogens (tertiary/aromatic N) is 3. The molecule has 0 saturated carbocycles. The first-order valence-electron chi connectivity index (χ1n) is 10.7. The van der Waals surface area contributed by atoms with E-state index in [1.807, 2.05) is 0 Å². The molecule has 0 spiro atoms. The molecule has 1 N–H and O–H groups in total. The summed E-state index contributed by atoms with van der Waals surface area (Å²) in [6.45, 7) is 2.87. The van der Waals surface area contributed by atoms with E-state index in [9.17, 15) is 14.4 Å². The number of ether oxygens (including phenoxy) is 3. The molecule has 2 aromatic rings. The number of aryl methyl sites for hydroxylation is 1. The predicted molar refractivity (Wildman–Crippen MR) is 122 cm³/mol. The molecular weight excluding hydrogens is 448 g/mol. The van der Waals surface area contributed by atoms with Crippen LogP contribution in [0.3, 0.4) is 0 Å². The summed E-state index contributed by atoms with van der Waals surface area (Å²) in [6.07, 6.45) is 1.41. The fourth-order valence-corrected chi connectivity index (χ4v) is 5.10. The molecule has 1 saturated heterocycles. The Morgan fingerprint density at radius 3 is 2.73 bits per heavy atom. The maximum absolute atomic E-state index is 12.9. The van der Waals surface area contributed by atoms with Crippen LogP contribution in [0.2, 0.25) is 0 Å². The molecule has 1 fully saturated rings. The second-order valence-electron chi connectivity index (χ2n) is 7.61. The maximum Gasteiger partial charge on any atom is 0.325 e. The minimum absolute atomic E-state index is 0.0891. The molecule has 2 heterocycles. The quantitative estimate of drug-likeness (QED) is 0.586. The third-order valence-corrected chi connectivity index (χ3v) is 6.69. The number of rotatable bonds is 8. The molecule has 33 heavy (non-hydrogen) atoms. The zero-order valence-corrected chi connectivity index (χ0v) is 19.6. The summed E-state index contributed by atoms with van der Waals surface area (Å²) in [4.78, 5) is 46.1. The van der Waals surface area contributed by atoms with Crippen LogP contribution < -0.4 is 19.7 Å². The Labute approximate surface area is 195 Å². The van der Waals surface area contributed by atoms with Gasteiger partial charge in [0.1, 0.15) is 12.5 Å². The highest BCUT2D eigenvalue weighted by atomic mass is 32.1. The number of anilines is 2. The molecule has 1 aromatic carbocycles. The van der Waals surface area contributed by atoms with Gasteiger partial charge in [-0.2, -0.15) is 0 Å². The van der Waals surface area contributed by atoms with Crippen molar-refractivity contribution in [3.63, 3.8) is 0 Å². The van der Waals surface area contributed by atoms with E-state index in [1.54, 1.807) is 37.1 Å². The van der Waals surface area contributed by atoms with Gasteiger partial charge in [-0.05, 0) is 31.9 Å². The van der Waals surface area contributed by atoms with E-state index in [0.29, 0.717) is 54.1 Å². The van der Waals surface area contributed by atoms with Crippen LogP contribution in [0.4, 0.5) is 15.6 Å². The first kappa shape index (κ1) is 22.8. The summed E-state index contributed by atoms with van der Waals surface area (Å²) in [5.74, 6) is 0.105. The minimum Gasteiger partial charge on any atom is -0.493 e. The molecule has 176 valence electrons. The highest BCUT2D eigenvalue weighted by molar-refractivity contribution is 7.16. The van der Waals surface area contributed by atoms with E-state index in [-0.39, 0.29) is 30.4 Å². The molecule has 4 rings (SSSR count). The van der Waals surface area contributed by atoms with E-state index in [4.69, 9.17) is 14.2 Å². The molecular formula is C22H26N4O6S. The first-order chi connectivity index (χ1) is 15.9. The number of nitrogens with one attached hydrogen (secondary N) is 1. The van der Waals surface area contributed by atoms with Gasteiger partial charge < -0.3 is 24.4 Å². The van der Waals surface area contributed by atoms with E-state index < -0.39 is 0 Å². The summed E-state index contributed by atoms with van der Waals surface area (Å²) < 4.78 is 15.7. The molecule has 11 heteroatoms. The Bertz CT molecular complexity index is 1070. The average molecular weight is 475 g/mol. The molecule has 2 aliphatic rings. The number of thiazole rings is 1. The van der Waals surface area contributed by atoms with Crippen LogP contribution in [0.1, 0.15) is 29.8 Å². The number of fused-ring (bicyclic) bond motifs is 1. The van der Waals surface area contributed by atoms with Gasteiger partial charge in [0.15, 0.2) is 16.6 Å². The lowest BCUT2D eigenvalue weighted by atomic mass is 10.1. The molecule has 1 unspecified atom stereocenters. The SMILES string of the molecule is CCOC(=O)C1CCc2sc(NC(=O)CN3CCN(c4ccc(OC)c(OC)c4)C3=O)nc21. The Morgan fingerprint density at radius 1 is 1.21 bits per heavy atom. The topological polar surface area (TPSA) is 110 Å². The van der Waals surface area contributed by atoms with Crippen molar-refractivity contribution in [2.75, 3.05) is 50.7 Å². The monoisotopic (exact) mass is 474 g/mol. The minimum atomic E-state index is -0.378. The van der Waals surface area contributed by atoms with Gasteiger partial charge in [-0.1, -0.05) is 0 Å². The second kappa shape index (κ2) is 9.65. The third kappa shape index (κ3) is 4.58. The normalized spacial score (nSPS) is 17.2. The van der Waals surface area contributed by atoms with Crippen molar-refractivity contribution in [3.05, 3.63) is 28.8 Å². The van der Waals surface area contributed by atoms with Crippen molar-refractivity contribution in [2.24, 2.45) is 0 Å². The highest BCUT2D eigenvalue weighted by Crippen LogP contribution is 2.39. The molecule has 10 nitrogen and oxygen atoms in total. The summed E-state index contributed by atoms with van der Waals surface area (Å²) >= 11 is 1.36. The van der Waals surface area contributed by atoms with Gasteiger partial charge in [0.2, 0.25) is 5.91 Å². The van der Waals surface area contributed by atoms with Crippen molar-refractivity contribution < 1.29 is 28.6 Å². The molecule has 3 amide bonds. The standard InChI is InChI=1S/C22H26N4O6S/c1-4-32-20(28)14-6-8-17-19(14)24-21(33-17)23-18(27)12-25-9-10-26(22(25)29)13-5-7-15(30-2)16(11-13)31-3/h5,7,11,14H,4,6,8-10,12H2,1-3H3,(H,23,24,27). The van der Waals surface area contributed by atoms with Crippen LogP contribution >= 0.6 is 11.3 Å². The largest absolute Gasteiger partial charge is 0.493 e. The Morgan fingerprint density at radius 2 is 2.00 bits per heavy atom. The number of carbonyl (C=O) groups excluding carboxylic acids is 3. The number of hydrogen-bond donors (Lipinski definition) is 1. The number of methoxy groups -OCH3 is 2. The molecule has 1 aromatic heterocycles. The van der Waals surface area contributed by atoms with Crippen LogP contribution in [0.5, 0.6) is 11.5 Å². The van der Waals surface area contributed by atoms with Crippen molar-refractivity contribution in [1.82, 2.24) is 9.88 Å². The lowest BCUT2D eigenvalue weighted by molar-refractivity contribution is -0.145. The average Bonchev–Trinajstić information content (AvgIpc) is 3.48.